The zero-order valence-electron chi connectivity index (χ0n) is 9.22. The van der Waals surface area contributed by atoms with Crippen molar-refractivity contribution in [1.29, 1.82) is 0 Å². The van der Waals surface area contributed by atoms with Gasteiger partial charge in [0.25, 0.3) is 0 Å². The lowest BCUT2D eigenvalue weighted by molar-refractivity contribution is -0.144. The Morgan fingerprint density at radius 1 is 1.18 bits per heavy atom. The van der Waals surface area contributed by atoms with E-state index in [9.17, 15) is 19.2 Å². The molecule has 2 rings (SSSR count). The van der Waals surface area contributed by atoms with Gasteiger partial charge in [0.2, 0.25) is 5.91 Å². The molecular formula is C10H13N3O4. The molecule has 0 aromatic rings. The van der Waals surface area contributed by atoms with Gasteiger partial charge in [0.15, 0.2) is 0 Å². The Bertz CT molecular complexity index is 400. The molecule has 2 N–H and O–H groups in total. The average molecular weight is 239 g/mol. The molecule has 1 saturated carbocycles. The Labute approximate surface area is 97.5 Å². The normalized spacial score (nSPS) is 21.8. The number of amides is 5. The number of nitrogens with zero attached hydrogens (tertiary/aromatic N) is 2. The topological polar surface area (TPSA) is 101 Å². The van der Waals surface area contributed by atoms with Crippen molar-refractivity contribution in [3.05, 3.63) is 0 Å². The Balaban J connectivity index is 2.19. The quantitative estimate of drug-likeness (QED) is 0.515. The maximum atomic E-state index is 11.9. The molecule has 2 fully saturated rings. The van der Waals surface area contributed by atoms with Crippen molar-refractivity contribution < 1.29 is 19.2 Å². The molecule has 0 bridgehead atoms. The highest BCUT2D eigenvalue weighted by Crippen LogP contribution is 2.27. The predicted molar refractivity (Wildman–Crippen MR) is 55.4 cm³/mol. The van der Waals surface area contributed by atoms with Gasteiger partial charge < -0.3 is 5.73 Å². The van der Waals surface area contributed by atoms with E-state index in [0.717, 1.165) is 30.6 Å². The van der Waals surface area contributed by atoms with Gasteiger partial charge >= 0.3 is 17.8 Å². The van der Waals surface area contributed by atoms with E-state index in [0.29, 0.717) is 4.90 Å². The van der Waals surface area contributed by atoms with Crippen molar-refractivity contribution in [2.24, 2.45) is 5.73 Å². The summed E-state index contributed by atoms with van der Waals surface area (Å²) in [5, 5.41) is 0. The highest BCUT2D eigenvalue weighted by atomic mass is 16.2. The molecule has 0 aromatic heterocycles. The van der Waals surface area contributed by atoms with Gasteiger partial charge in [-0.25, -0.2) is 9.69 Å². The van der Waals surface area contributed by atoms with Crippen molar-refractivity contribution in [2.45, 2.75) is 31.7 Å². The van der Waals surface area contributed by atoms with Gasteiger partial charge in [-0.2, -0.15) is 0 Å². The van der Waals surface area contributed by atoms with Crippen LogP contribution in [0.3, 0.4) is 0 Å². The van der Waals surface area contributed by atoms with E-state index in [1.807, 2.05) is 0 Å². The number of imide groups is 2. The third kappa shape index (κ3) is 1.88. The molecule has 7 nitrogen and oxygen atoms in total. The molecular weight excluding hydrogens is 226 g/mol. The van der Waals surface area contributed by atoms with Gasteiger partial charge in [-0.3, -0.25) is 19.3 Å². The summed E-state index contributed by atoms with van der Waals surface area (Å²) in [6.07, 6.45) is 3.31. The molecule has 5 amide bonds. The second kappa shape index (κ2) is 4.15. The predicted octanol–water partition coefficient (Wildman–Crippen LogP) is -0.795. The largest absolute Gasteiger partial charge is 0.368 e. The van der Waals surface area contributed by atoms with Crippen LogP contribution in [-0.2, 0) is 14.4 Å². The minimum Gasteiger partial charge on any atom is -0.368 e. The Morgan fingerprint density at radius 3 is 2.29 bits per heavy atom. The monoisotopic (exact) mass is 239 g/mol. The molecule has 1 saturated heterocycles. The van der Waals surface area contributed by atoms with E-state index in [-0.39, 0.29) is 6.04 Å². The maximum absolute atomic E-state index is 11.9. The Morgan fingerprint density at radius 2 is 1.76 bits per heavy atom. The number of carbonyl (C=O) groups excluding carboxylic acids is 4. The first-order valence-electron chi connectivity index (χ1n) is 5.49. The molecule has 0 unspecified atom stereocenters. The standard InChI is InChI=1S/C10H13N3O4/c11-7(14)5-12-8(15)9(16)13(10(12)17)6-3-1-2-4-6/h6H,1-5H2,(H2,11,14). The molecule has 0 spiro atoms. The summed E-state index contributed by atoms with van der Waals surface area (Å²) in [4.78, 5) is 47.3. The second-order valence-corrected chi connectivity index (χ2v) is 4.25. The molecule has 0 aromatic carbocycles. The molecule has 2 aliphatic rings. The lowest BCUT2D eigenvalue weighted by Crippen LogP contribution is -2.42. The lowest BCUT2D eigenvalue weighted by atomic mass is 10.2. The molecule has 0 radical (unpaired) electrons. The van der Waals surface area contributed by atoms with Crippen LogP contribution in [0.1, 0.15) is 25.7 Å². The van der Waals surface area contributed by atoms with Crippen molar-refractivity contribution in [3.63, 3.8) is 0 Å². The molecule has 17 heavy (non-hydrogen) atoms. The van der Waals surface area contributed by atoms with Crippen molar-refractivity contribution >= 4 is 23.8 Å². The second-order valence-electron chi connectivity index (χ2n) is 4.25. The fraction of sp³-hybridized carbons (Fsp3) is 0.600. The van der Waals surface area contributed by atoms with Crippen LogP contribution in [0.15, 0.2) is 0 Å². The minimum absolute atomic E-state index is 0.211. The zero-order chi connectivity index (χ0) is 12.6. The number of hydrogen-bond acceptors (Lipinski definition) is 4. The highest BCUT2D eigenvalue weighted by molar-refractivity contribution is 6.45. The summed E-state index contributed by atoms with van der Waals surface area (Å²) in [5.74, 6) is -2.61. The molecule has 0 atom stereocenters. The fourth-order valence-electron chi connectivity index (χ4n) is 2.30. The van der Waals surface area contributed by atoms with Crippen LogP contribution in [0.25, 0.3) is 0 Å². The van der Waals surface area contributed by atoms with E-state index < -0.39 is 30.3 Å². The number of urea groups is 1. The lowest BCUT2D eigenvalue weighted by Gasteiger charge is -2.20. The van der Waals surface area contributed by atoms with E-state index >= 15 is 0 Å². The SMILES string of the molecule is NC(=O)CN1C(=O)C(=O)N(C2CCCC2)C1=O. The van der Waals surface area contributed by atoms with Gasteiger partial charge in [0.1, 0.15) is 6.54 Å². The third-order valence-electron chi connectivity index (χ3n) is 3.09. The van der Waals surface area contributed by atoms with Crippen LogP contribution in [-0.4, -0.2) is 46.1 Å². The summed E-state index contributed by atoms with van der Waals surface area (Å²) < 4.78 is 0. The third-order valence-corrected chi connectivity index (χ3v) is 3.09. The van der Waals surface area contributed by atoms with E-state index in [1.54, 1.807) is 0 Å². The number of hydrogen-bond donors (Lipinski definition) is 1. The van der Waals surface area contributed by atoms with E-state index in [4.69, 9.17) is 5.73 Å². The maximum Gasteiger partial charge on any atom is 0.334 e. The minimum atomic E-state index is -0.958. The molecule has 7 heteroatoms. The molecule has 92 valence electrons. The van der Waals surface area contributed by atoms with E-state index in [2.05, 4.69) is 0 Å². The zero-order valence-corrected chi connectivity index (χ0v) is 9.22. The van der Waals surface area contributed by atoms with E-state index in [1.165, 1.54) is 0 Å². The average Bonchev–Trinajstić information content (AvgIpc) is 2.83. The van der Waals surface area contributed by atoms with Crippen LogP contribution in [0, 0.1) is 0 Å². The number of carbonyl (C=O) groups is 4. The number of nitrogens with two attached hydrogens (primary N) is 1. The number of rotatable bonds is 3. The van der Waals surface area contributed by atoms with Gasteiger partial charge in [0.05, 0.1) is 0 Å². The van der Waals surface area contributed by atoms with Crippen LogP contribution in [0.2, 0.25) is 0 Å². The summed E-state index contributed by atoms with van der Waals surface area (Å²) in [6.45, 7) is -0.535. The summed E-state index contributed by atoms with van der Waals surface area (Å²) >= 11 is 0. The van der Waals surface area contributed by atoms with Gasteiger partial charge in [-0.15, -0.1) is 0 Å². The van der Waals surface area contributed by atoms with Crippen LogP contribution in [0.4, 0.5) is 4.79 Å². The van der Waals surface area contributed by atoms with Gasteiger partial charge in [0, 0.05) is 6.04 Å². The summed E-state index contributed by atoms with van der Waals surface area (Å²) in [6, 6.07) is -0.928. The summed E-state index contributed by atoms with van der Waals surface area (Å²) in [7, 11) is 0. The van der Waals surface area contributed by atoms with Crippen LogP contribution < -0.4 is 5.73 Å². The first-order valence-corrected chi connectivity index (χ1v) is 5.49. The smallest absolute Gasteiger partial charge is 0.334 e. The molecule has 1 aliphatic heterocycles. The Hall–Kier alpha value is -1.92. The van der Waals surface area contributed by atoms with Gasteiger partial charge in [-0.05, 0) is 12.8 Å². The van der Waals surface area contributed by atoms with Crippen LogP contribution >= 0.6 is 0 Å². The summed E-state index contributed by atoms with van der Waals surface area (Å²) in [5.41, 5.74) is 4.93. The highest BCUT2D eigenvalue weighted by Gasteiger charge is 2.48. The fourth-order valence-corrected chi connectivity index (χ4v) is 2.30. The van der Waals surface area contributed by atoms with Crippen molar-refractivity contribution in [2.75, 3.05) is 6.54 Å². The van der Waals surface area contributed by atoms with Gasteiger partial charge in [-0.1, -0.05) is 12.8 Å². The van der Waals surface area contributed by atoms with Crippen LogP contribution in [0.5, 0.6) is 0 Å². The first kappa shape index (κ1) is 11.6. The molecule has 1 aliphatic carbocycles. The number of primary amides is 1. The Kier molecular flexibility index (Phi) is 2.83. The molecule has 1 heterocycles. The first-order chi connectivity index (χ1) is 8.02. The van der Waals surface area contributed by atoms with Crippen molar-refractivity contribution in [3.8, 4) is 0 Å². The van der Waals surface area contributed by atoms with Crippen molar-refractivity contribution in [1.82, 2.24) is 9.80 Å².